The third-order valence-electron chi connectivity index (χ3n) is 9.82. The van der Waals surface area contributed by atoms with Gasteiger partial charge in [0.05, 0.1) is 11.4 Å². The fourth-order valence-corrected chi connectivity index (χ4v) is 6.28. The van der Waals surface area contributed by atoms with Gasteiger partial charge in [-0.1, -0.05) is 12.1 Å². The predicted octanol–water partition coefficient (Wildman–Crippen LogP) is 2.33. The van der Waals surface area contributed by atoms with Gasteiger partial charge >= 0.3 is 17.1 Å². The minimum Gasteiger partial charge on any atom is -0.494 e. The number of hydrogen-bond donors (Lipinski definition) is 16. The first-order chi connectivity index (χ1) is 37.1. The number of benzene rings is 3. The van der Waals surface area contributed by atoms with Crippen LogP contribution in [-0.4, -0.2) is 88.9 Å². The lowest BCUT2D eigenvalue weighted by Gasteiger charge is -2.07. The molecule has 0 aliphatic heterocycles. The van der Waals surface area contributed by atoms with Gasteiger partial charge in [0.25, 0.3) is 45.9 Å². The number of amides is 4. The van der Waals surface area contributed by atoms with Crippen molar-refractivity contribution in [2.45, 2.75) is 20.8 Å². The quantitative estimate of drug-likeness (QED) is 0.0767. The standard InChI is InChI=1S/C12H9F2N3O4.C12H10FN3O4.C12H10FN3O3S.C10H8N4O4/c1-4-6(13)2-5(3-7(4)14)15-9(18)8-10(19)16-12(21)17-11(8)20;2*1-5-2-3-7(6(13)4-5)14-9(17)8-10(18)15-12(20)16-11(8)19;15-7(12-5-1-3-11-4-2-5)6-8(16)13-10(18)14-9(6)17/h2-3H,1H3,(H,15,18)(H3,16,17,19,20,21);2*2-4H,1H3,(H,14,17)(H3,15,16,18,19,20);1-4H,(H,11,12,15)(H3,13,14,16,17,18). The molecule has 410 valence electrons. The molecule has 0 aliphatic rings. The van der Waals surface area contributed by atoms with E-state index >= 15 is 0 Å². The molecule has 0 radical (unpaired) electrons. The highest BCUT2D eigenvalue weighted by Crippen LogP contribution is 2.21. The second kappa shape index (κ2) is 25.3. The van der Waals surface area contributed by atoms with Gasteiger partial charge in [-0.15, -0.1) is 0 Å². The smallest absolute Gasteiger partial charge is 0.328 e. The Labute approximate surface area is 438 Å². The fraction of sp³-hybridized carbons (Fsp3) is 0.0652. The number of aromatic amines is 8. The van der Waals surface area contributed by atoms with Crippen molar-refractivity contribution in [2.75, 3.05) is 21.3 Å². The summed E-state index contributed by atoms with van der Waals surface area (Å²) in [6.07, 6.45) is 2.90. The van der Waals surface area contributed by atoms with Crippen LogP contribution in [0, 0.1) is 48.8 Å². The van der Waals surface area contributed by atoms with E-state index in [0.717, 1.165) is 12.1 Å². The maximum atomic E-state index is 13.6. The van der Waals surface area contributed by atoms with Gasteiger partial charge in [0.2, 0.25) is 23.5 Å². The van der Waals surface area contributed by atoms with Crippen LogP contribution in [0.2, 0.25) is 0 Å². The van der Waals surface area contributed by atoms with E-state index < -0.39 is 132 Å². The first kappa shape index (κ1) is 58.6. The molecule has 0 bridgehead atoms. The van der Waals surface area contributed by atoms with Crippen LogP contribution in [-0.2, 0) is 0 Å². The summed E-state index contributed by atoms with van der Waals surface area (Å²) in [6.45, 7) is 4.59. The van der Waals surface area contributed by atoms with Gasteiger partial charge in [-0.25, -0.2) is 31.9 Å². The lowest BCUT2D eigenvalue weighted by molar-refractivity contribution is 0.101. The topological polar surface area (TPSA) is 456 Å². The maximum Gasteiger partial charge on any atom is 0.328 e. The van der Waals surface area contributed by atoms with Crippen molar-refractivity contribution in [1.29, 1.82) is 0 Å². The van der Waals surface area contributed by atoms with Crippen molar-refractivity contribution < 1.29 is 57.2 Å². The van der Waals surface area contributed by atoms with Crippen molar-refractivity contribution in [1.82, 2.24) is 44.9 Å². The second-order valence-electron chi connectivity index (χ2n) is 15.6. The Hall–Kier alpha value is -11.3. The molecule has 28 nitrogen and oxygen atoms in total. The Balaban J connectivity index is 0.000000194. The monoisotopic (exact) mass is 1120 g/mol. The number of nitrogens with one attached hydrogen (secondary N) is 12. The highest BCUT2D eigenvalue weighted by Gasteiger charge is 2.22. The first-order valence-corrected chi connectivity index (χ1v) is 21.9. The normalized spacial score (nSPS) is 10.3. The van der Waals surface area contributed by atoms with E-state index in [4.69, 9.17) is 0 Å². The van der Waals surface area contributed by atoms with E-state index in [1.807, 2.05) is 25.3 Å². The van der Waals surface area contributed by atoms with Crippen LogP contribution in [0.4, 0.5) is 40.3 Å². The van der Waals surface area contributed by atoms with E-state index in [0.29, 0.717) is 16.8 Å². The minimum atomic E-state index is -1.14. The van der Waals surface area contributed by atoms with Gasteiger partial charge in [0, 0.05) is 29.3 Å². The molecule has 0 saturated carbocycles. The Bertz CT molecular complexity index is 4030. The van der Waals surface area contributed by atoms with Crippen molar-refractivity contribution in [3.05, 3.63) is 213 Å². The molecule has 79 heavy (non-hydrogen) atoms. The number of nitrogens with zero attached hydrogens (tertiary/aromatic N) is 1. The molecule has 3 aromatic carbocycles. The van der Waals surface area contributed by atoms with E-state index in [1.54, 1.807) is 35.9 Å². The SMILES string of the molecule is Cc1c(F)cc(NC(=O)c2c(O)[nH]c(=O)[nH]c2=O)cc1F.Cc1ccc(NC(=O)c2c(O)[nH]c(=O)[nH]c2=O)c(F)c1.Cc1ccc(NC(=O)c2c(O)[nH]c(=S)[nH]c2=O)c(F)c1.O=C(Nc1ccncc1)c1c(O)[nH]c(=O)[nH]c1=O. The highest BCUT2D eigenvalue weighted by atomic mass is 32.1. The summed E-state index contributed by atoms with van der Waals surface area (Å²) in [7, 11) is 0. The molecule has 5 heterocycles. The van der Waals surface area contributed by atoms with Gasteiger partial charge in [-0.05, 0) is 92.6 Å². The number of H-pyrrole nitrogens is 8. The molecule has 33 heteroatoms. The zero-order valence-electron chi connectivity index (χ0n) is 40.1. The highest BCUT2D eigenvalue weighted by molar-refractivity contribution is 7.71. The maximum absolute atomic E-state index is 13.6. The lowest BCUT2D eigenvalue weighted by atomic mass is 10.2. The summed E-state index contributed by atoms with van der Waals surface area (Å²) in [5.74, 6) is -10.3. The number of aromatic hydroxyl groups is 4. The summed E-state index contributed by atoms with van der Waals surface area (Å²) >= 11 is 4.64. The molecular weight excluding hydrogens is 1080 g/mol. The van der Waals surface area contributed by atoms with Crippen LogP contribution >= 0.6 is 12.2 Å². The number of pyridine rings is 1. The second-order valence-corrected chi connectivity index (χ2v) is 16.0. The molecule has 0 aliphatic carbocycles. The number of halogens is 4. The van der Waals surface area contributed by atoms with Gasteiger partial charge in [-0.3, -0.25) is 78.2 Å². The molecule has 0 unspecified atom stereocenters. The van der Waals surface area contributed by atoms with Crippen molar-refractivity contribution >= 4 is 58.6 Å². The lowest BCUT2D eigenvalue weighted by Crippen LogP contribution is -2.30. The van der Waals surface area contributed by atoms with E-state index in [9.17, 15) is 90.7 Å². The molecule has 0 spiro atoms. The largest absolute Gasteiger partial charge is 0.494 e. The van der Waals surface area contributed by atoms with Gasteiger partial charge in [0.15, 0.2) is 27.0 Å². The van der Waals surface area contributed by atoms with Crippen LogP contribution in [0.15, 0.2) is 107 Å². The summed E-state index contributed by atoms with van der Waals surface area (Å²) in [5.41, 5.74) is -8.47. The molecule has 0 atom stereocenters. The van der Waals surface area contributed by atoms with Gasteiger partial charge in [0.1, 0.15) is 23.3 Å². The van der Waals surface area contributed by atoms with Crippen LogP contribution in [0.5, 0.6) is 23.5 Å². The molecule has 0 fully saturated rings. The number of rotatable bonds is 8. The number of aryl methyl sites for hydroxylation is 2. The Morgan fingerprint density at radius 1 is 0.430 bits per heavy atom. The van der Waals surface area contributed by atoms with Crippen molar-refractivity contribution in [2.24, 2.45) is 0 Å². The minimum absolute atomic E-state index is 0.0955. The summed E-state index contributed by atoms with van der Waals surface area (Å²) in [5, 5.41) is 46.5. The summed E-state index contributed by atoms with van der Waals surface area (Å²) in [6, 6.07) is 13.0. The average molecular weight is 1120 g/mol. The Morgan fingerprint density at radius 2 is 0.759 bits per heavy atom. The van der Waals surface area contributed by atoms with Crippen LogP contribution in [0.1, 0.15) is 58.1 Å². The molecule has 4 amide bonds. The molecule has 5 aromatic heterocycles. The number of carbonyl (C=O) groups is 4. The van der Waals surface area contributed by atoms with E-state index in [-0.39, 0.29) is 27.4 Å². The van der Waals surface area contributed by atoms with E-state index in [2.05, 4.69) is 43.1 Å². The summed E-state index contributed by atoms with van der Waals surface area (Å²) < 4.78 is 53.8. The van der Waals surface area contributed by atoms with Crippen LogP contribution in [0.25, 0.3) is 0 Å². The van der Waals surface area contributed by atoms with Gasteiger partial charge in [-0.2, -0.15) is 0 Å². The Kier molecular flexibility index (Phi) is 18.8. The number of anilines is 4. The third kappa shape index (κ3) is 15.4. The first-order valence-electron chi connectivity index (χ1n) is 21.5. The van der Waals surface area contributed by atoms with E-state index in [1.165, 1.54) is 55.7 Å². The zero-order valence-corrected chi connectivity index (χ0v) is 40.9. The number of hydrogen-bond acceptors (Lipinski definition) is 17. The average Bonchev–Trinajstić information content (AvgIpc) is 3.36. The van der Waals surface area contributed by atoms with Crippen LogP contribution in [0.3, 0.4) is 0 Å². The fourth-order valence-electron chi connectivity index (χ4n) is 6.09. The number of carbonyl (C=O) groups excluding carboxylic acids is 4. The molecular formula is C46H37F4N13O15S. The number of aromatic nitrogens is 9. The zero-order chi connectivity index (χ0) is 58.6. The molecule has 8 aromatic rings. The summed E-state index contributed by atoms with van der Waals surface area (Å²) in [4.78, 5) is 145. The van der Waals surface area contributed by atoms with Gasteiger partial charge < -0.3 is 46.7 Å². The molecule has 16 N–H and O–H groups in total. The molecule has 8 rings (SSSR count). The Morgan fingerprint density at radius 3 is 1.10 bits per heavy atom. The van der Waals surface area contributed by atoms with Crippen molar-refractivity contribution in [3.63, 3.8) is 0 Å². The molecule has 0 saturated heterocycles. The predicted molar refractivity (Wildman–Crippen MR) is 271 cm³/mol. The van der Waals surface area contributed by atoms with Crippen LogP contribution < -0.4 is 60.6 Å². The van der Waals surface area contributed by atoms with Crippen molar-refractivity contribution in [3.8, 4) is 23.5 Å². The third-order valence-corrected chi connectivity index (χ3v) is 10.0.